The Bertz CT molecular complexity index is 912. The van der Waals surface area contributed by atoms with E-state index in [9.17, 15) is 8.42 Å². The molecule has 2 aromatic carbocycles. The molecule has 0 amide bonds. The topological polar surface area (TPSA) is 46.2 Å². The molecule has 2 aromatic rings. The smallest absolute Gasteiger partial charge is 0.147 e. The third kappa shape index (κ3) is 4.42. The van der Waals surface area contributed by atoms with Crippen molar-refractivity contribution in [2.45, 2.75) is 31.2 Å². The first-order valence-corrected chi connectivity index (χ1v) is 11.5. The number of sulfone groups is 1. The fourth-order valence-electron chi connectivity index (χ4n) is 3.72. The molecule has 0 heterocycles. The first kappa shape index (κ1) is 19.7. The van der Waals surface area contributed by atoms with Crippen LogP contribution < -0.4 is 5.32 Å². The molecule has 6 heteroatoms. The molecule has 0 radical (unpaired) electrons. The molecule has 0 bridgehead atoms. The quantitative estimate of drug-likeness (QED) is 0.770. The summed E-state index contributed by atoms with van der Waals surface area (Å²) in [5.74, 6) is 0.444. The van der Waals surface area contributed by atoms with E-state index < -0.39 is 9.84 Å². The molecule has 0 saturated carbocycles. The van der Waals surface area contributed by atoms with Crippen LogP contribution in [-0.2, 0) is 16.3 Å². The van der Waals surface area contributed by atoms with Gasteiger partial charge < -0.3 is 5.32 Å². The standard InChI is InChI=1S/C20H23Cl2NO2S/c1-23-20-8-6-15(14-4-7-18(21)19(22)12-14)16-5-3-13(11-17(16)20)9-10-26(2,24)25/h3-5,7,11-12,15,20,23H,6,8-10H2,1-2H3. The van der Waals surface area contributed by atoms with Crippen LogP contribution >= 0.6 is 23.2 Å². The van der Waals surface area contributed by atoms with Crippen LogP contribution in [0.5, 0.6) is 0 Å². The molecule has 0 aliphatic heterocycles. The number of rotatable bonds is 5. The van der Waals surface area contributed by atoms with Gasteiger partial charge in [-0.05, 0) is 60.7 Å². The molecule has 1 N–H and O–H groups in total. The molecule has 1 aliphatic rings. The minimum Gasteiger partial charge on any atom is -0.313 e. The molecule has 0 fully saturated rings. The summed E-state index contributed by atoms with van der Waals surface area (Å²) in [5.41, 5.74) is 4.75. The molecule has 2 unspecified atom stereocenters. The predicted octanol–water partition coefficient (Wildman–Crippen LogP) is 4.77. The van der Waals surface area contributed by atoms with Gasteiger partial charge in [-0.1, -0.05) is 47.5 Å². The van der Waals surface area contributed by atoms with E-state index in [0.29, 0.717) is 16.5 Å². The first-order chi connectivity index (χ1) is 12.3. The Morgan fingerprint density at radius 3 is 2.46 bits per heavy atom. The lowest BCUT2D eigenvalue weighted by Gasteiger charge is -2.32. The number of fused-ring (bicyclic) bond motifs is 1. The van der Waals surface area contributed by atoms with Gasteiger partial charge >= 0.3 is 0 Å². The maximum Gasteiger partial charge on any atom is 0.147 e. The predicted molar refractivity (Wildman–Crippen MR) is 109 cm³/mol. The van der Waals surface area contributed by atoms with Crippen LogP contribution in [0.15, 0.2) is 36.4 Å². The van der Waals surface area contributed by atoms with Gasteiger partial charge in [0.2, 0.25) is 0 Å². The lowest BCUT2D eigenvalue weighted by atomic mass is 9.76. The van der Waals surface area contributed by atoms with E-state index in [1.165, 1.54) is 22.9 Å². The van der Waals surface area contributed by atoms with Crippen molar-refractivity contribution in [3.63, 3.8) is 0 Å². The average molecular weight is 412 g/mol. The highest BCUT2D eigenvalue weighted by Gasteiger charge is 2.28. The first-order valence-electron chi connectivity index (χ1n) is 8.71. The molecule has 0 spiro atoms. The number of hydrogen-bond donors (Lipinski definition) is 1. The Morgan fingerprint density at radius 1 is 1.04 bits per heavy atom. The van der Waals surface area contributed by atoms with E-state index >= 15 is 0 Å². The molecule has 26 heavy (non-hydrogen) atoms. The van der Waals surface area contributed by atoms with Crippen LogP contribution in [0.1, 0.15) is 47.1 Å². The van der Waals surface area contributed by atoms with Crippen LogP contribution in [0.3, 0.4) is 0 Å². The summed E-state index contributed by atoms with van der Waals surface area (Å²) in [7, 11) is -0.999. The van der Waals surface area contributed by atoms with Crippen LogP contribution in [0.25, 0.3) is 0 Å². The molecular weight excluding hydrogens is 389 g/mol. The van der Waals surface area contributed by atoms with Gasteiger partial charge in [0.05, 0.1) is 15.8 Å². The van der Waals surface area contributed by atoms with Crippen molar-refractivity contribution in [3.05, 3.63) is 68.7 Å². The fraction of sp³-hybridized carbons (Fsp3) is 0.400. The van der Waals surface area contributed by atoms with Crippen LogP contribution in [-0.4, -0.2) is 27.5 Å². The molecule has 1 aliphatic carbocycles. The van der Waals surface area contributed by atoms with E-state index in [2.05, 4.69) is 17.4 Å². The highest BCUT2D eigenvalue weighted by molar-refractivity contribution is 7.90. The normalized spacial score (nSPS) is 20.0. The Hall–Kier alpha value is -1.07. The number of halogens is 2. The van der Waals surface area contributed by atoms with Crippen LogP contribution in [0, 0.1) is 0 Å². The number of benzene rings is 2. The number of aryl methyl sites for hydroxylation is 1. The summed E-state index contributed by atoms with van der Waals surface area (Å²) in [4.78, 5) is 0. The zero-order valence-corrected chi connectivity index (χ0v) is 17.3. The van der Waals surface area contributed by atoms with Gasteiger partial charge in [0, 0.05) is 18.2 Å². The summed E-state index contributed by atoms with van der Waals surface area (Å²) >= 11 is 12.3. The number of nitrogens with one attached hydrogen (secondary N) is 1. The summed E-state index contributed by atoms with van der Waals surface area (Å²) in [5, 5.41) is 4.53. The summed E-state index contributed by atoms with van der Waals surface area (Å²) < 4.78 is 22.9. The fourth-order valence-corrected chi connectivity index (χ4v) is 4.63. The van der Waals surface area contributed by atoms with Gasteiger partial charge in [0.25, 0.3) is 0 Å². The maximum absolute atomic E-state index is 11.5. The molecule has 2 atom stereocenters. The van der Waals surface area contributed by atoms with E-state index in [1.807, 2.05) is 31.3 Å². The Labute approximate surface area is 165 Å². The van der Waals surface area contributed by atoms with Gasteiger partial charge in [-0.25, -0.2) is 8.42 Å². The highest BCUT2D eigenvalue weighted by atomic mass is 35.5. The van der Waals surface area contributed by atoms with Gasteiger partial charge in [0.1, 0.15) is 9.84 Å². The van der Waals surface area contributed by atoms with Gasteiger partial charge in [0.15, 0.2) is 0 Å². The second-order valence-electron chi connectivity index (χ2n) is 6.99. The average Bonchev–Trinajstić information content (AvgIpc) is 2.60. The largest absolute Gasteiger partial charge is 0.313 e. The van der Waals surface area contributed by atoms with Crippen LogP contribution in [0.4, 0.5) is 0 Å². The zero-order chi connectivity index (χ0) is 18.9. The lowest BCUT2D eigenvalue weighted by Crippen LogP contribution is -2.24. The highest BCUT2D eigenvalue weighted by Crippen LogP contribution is 2.42. The third-order valence-corrected chi connectivity index (χ3v) is 6.79. The molecule has 0 aromatic heterocycles. The van der Waals surface area contributed by atoms with Crippen molar-refractivity contribution in [1.82, 2.24) is 5.32 Å². The van der Waals surface area contributed by atoms with Crippen molar-refractivity contribution >= 4 is 33.0 Å². The molecule has 0 saturated heterocycles. The van der Waals surface area contributed by atoms with Crippen molar-refractivity contribution in [3.8, 4) is 0 Å². The van der Waals surface area contributed by atoms with Crippen molar-refractivity contribution in [2.75, 3.05) is 19.1 Å². The monoisotopic (exact) mass is 411 g/mol. The third-order valence-electron chi connectivity index (χ3n) is 5.10. The van der Waals surface area contributed by atoms with Crippen LogP contribution in [0.2, 0.25) is 10.0 Å². The summed E-state index contributed by atoms with van der Waals surface area (Å²) in [6.07, 6.45) is 3.87. The van der Waals surface area contributed by atoms with Crippen molar-refractivity contribution in [2.24, 2.45) is 0 Å². The second-order valence-corrected chi connectivity index (χ2v) is 10.1. The molecule has 3 nitrogen and oxygen atoms in total. The molecule has 140 valence electrons. The Morgan fingerprint density at radius 2 is 1.81 bits per heavy atom. The van der Waals surface area contributed by atoms with Gasteiger partial charge in [-0.3, -0.25) is 0 Å². The second kappa shape index (κ2) is 7.89. The lowest BCUT2D eigenvalue weighted by molar-refractivity contribution is 0.470. The van der Waals surface area contributed by atoms with Crippen molar-refractivity contribution < 1.29 is 8.42 Å². The van der Waals surface area contributed by atoms with E-state index in [4.69, 9.17) is 23.2 Å². The van der Waals surface area contributed by atoms with Gasteiger partial charge in [-0.15, -0.1) is 0 Å². The number of hydrogen-bond acceptors (Lipinski definition) is 3. The van der Waals surface area contributed by atoms with Crippen molar-refractivity contribution in [1.29, 1.82) is 0 Å². The molecular formula is C20H23Cl2NO2S. The zero-order valence-electron chi connectivity index (χ0n) is 14.9. The minimum absolute atomic E-state index is 0.173. The Balaban J connectivity index is 1.97. The summed E-state index contributed by atoms with van der Waals surface area (Å²) in [6, 6.07) is 12.5. The summed E-state index contributed by atoms with van der Waals surface area (Å²) in [6.45, 7) is 0. The van der Waals surface area contributed by atoms with E-state index in [1.54, 1.807) is 0 Å². The minimum atomic E-state index is -2.97. The van der Waals surface area contributed by atoms with E-state index in [-0.39, 0.29) is 17.7 Å². The Kier molecular flexibility index (Phi) is 5.97. The SMILES string of the molecule is CNC1CCC(c2ccc(Cl)c(Cl)c2)c2ccc(CCS(C)(=O)=O)cc21. The molecule has 3 rings (SSSR count). The maximum atomic E-state index is 11.5. The van der Waals surface area contributed by atoms with Gasteiger partial charge in [-0.2, -0.15) is 0 Å². The van der Waals surface area contributed by atoms with E-state index in [0.717, 1.165) is 18.4 Å².